The standard InChI is InChI=1S/C19H21N3O4S2/c1-25-16-6-4-5-15(13-16)22-12-9-20-19(22)27-14-17-7-8-18(26-17)28(23,24)21-10-2-3-11-21/h4-9,12-13H,2-3,10-11,14H2,1H3. The number of furan rings is 1. The van der Waals surface area contributed by atoms with Crippen molar-refractivity contribution >= 4 is 21.8 Å². The van der Waals surface area contributed by atoms with Crippen LogP contribution in [0.4, 0.5) is 0 Å². The second kappa shape index (κ2) is 8.02. The summed E-state index contributed by atoms with van der Waals surface area (Å²) in [6.45, 7) is 1.12. The number of aromatic nitrogens is 2. The van der Waals surface area contributed by atoms with Crippen molar-refractivity contribution in [3.05, 3.63) is 54.6 Å². The summed E-state index contributed by atoms with van der Waals surface area (Å²) in [4.78, 5) is 4.40. The van der Waals surface area contributed by atoms with Crippen LogP contribution in [-0.4, -0.2) is 42.5 Å². The first-order valence-electron chi connectivity index (χ1n) is 8.97. The predicted octanol–water partition coefficient (Wildman–Crippen LogP) is 3.55. The minimum absolute atomic E-state index is 0.0149. The summed E-state index contributed by atoms with van der Waals surface area (Å²) < 4.78 is 39.5. The molecule has 0 radical (unpaired) electrons. The van der Waals surface area contributed by atoms with Crippen molar-refractivity contribution < 1.29 is 17.6 Å². The molecule has 1 aliphatic heterocycles. The third-order valence-corrected chi connectivity index (χ3v) is 7.34. The Balaban J connectivity index is 1.48. The number of nitrogens with zero attached hydrogens (tertiary/aromatic N) is 3. The first-order chi connectivity index (χ1) is 13.6. The van der Waals surface area contributed by atoms with E-state index in [2.05, 4.69) is 4.98 Å². The lowest BCUT2D eigenvalue weighted by molar-refractivity contribution is 0.397. The van der Waals surface area contributed by atoms with Gasteiger partial charge in [-0.25, -0.2) is 13.4 Å². The SMILES string of the molecule is COc1cccc(-n2ccnc2SCc2ccc(S(=O)(=O)N3CCCC3)o2)c1. The molecule has 0 N–H and O–H groups in total. The maximum absolute atomic E-state index is 12.6. The Labute approximate surface area is 168 Å². The lowest BCUT2D eigenvalue weighted by atomic mass is 10.3. The molecule has 1 saturated heterocycles. The fourth-order valence-electron chi connectivity index (χ4n) is 3.12. The van der Waals surface area contributed by atoms with Gasteiger partial charge in [0.2, 0.25) is 5.09 Å². The molecule has 148 valence electrons. The Morgan fingerprint density at radius 3 is 2.82 bits per heavy atom. The van der Waals surface area contributed by atoms with Crippen molar-refractivity contribution in [2.75, 3.05) is 20.2 Å². The number of thioether (sulfide) groups is 1. The van der Waals surface area contributed by atoms with E-state index in [-0.39, 0.29) is 5.09 Å². The zero-order valence-corrected chi connectivity index (χ0v) is 17.1. The van der Waals surface area contributed by atoms with Gasteiger partial charge in [0.1, 0.15) is 11.5 Å². The molecule has 4 rings (SSSR count). The van der Waals surface area contributed by atoms with Gasteiger partial charge in [-0.1, -0.05) is 17.8 Å². The van der Waals surface area contributed by atoms with Gasteiger partial charge in [0.05, 0.1) is 18.6 Å². The summed E-state index contributed by atoms with van der Waals surface area (Å²) in [6, 6.07) is 11.0. The van der Waals surface area contributed by atoms with E-state index in [0.29, 0.717) is 24.6 Å². The van der Waals surface area contributed by atoms with Crippen molar-refractivity contribution in [3.63, 3.8) is 0 Å². The van der Waals surface area contributed by atoms with Crippen LogP contribution in [0, 0.1) is 0 Å². The van der Waals surface area contributed by atoms with Gasteiger partial charge >= 0.3 is 0 Å². The number of methoxy groups -OCH3 is 1. The van der Waals surface area contributed by atoms with E-state index in [1.54, 1.807) is 19.4 Å². The maximum atomic E-state index is 12.6. The Hall–Kier alpha value is -2.23. The van der Waals surface area contributed by atoms with Gasteiger partial charge in [-0.2, -0.15) is 4.31 Å². The molecule has 0 atom stereocenters. The highest BCUT2D eigenvalue weighted by Crippen LogP contribution is 2.28. The summed E-state index contributed by atoms with van der Waals surface area (Å²) in [7, 11) is -1.89. The number of hydrogen-bond acceptors (Lipinski definition) is 6. The highest BCUT2D eigenvalue weighted by Gasteiger charge is 2.29. The first-order valence-corrected chi connectivity index (χ1v) is 11.4. The molecule has 3 heterocycles. The molecule has 9 heteroatoms. The van der Waals surface area contributed by atoms with E-state index >= 15 is 0 Å². The molecule has 28 heavy (non-hydrogen) atoms. The van der Waals surface area contributed by atoms with Crippen LogP contribution < -0.4 is 4.74 Å². The average Bonchev–Trinajstić information content (AvgIpc) is 3.48. The number of sulfonamides is 1. The van der Waals surface area contributed by atoms with Crippen LogP contribution in [-0.2, 0) is 15.8 Å². The molecule has 1 aliphatic rings. The number of imidazole rings is 1. The third-order valence-electron chi connectivity index (χ3n) is 4.58. The molecule has 0 saturated carbocycles. The summed E-state index contributed by atoms with van der Waals surface area (Å²) in [5.41, 5.74) is 0.941. The smallest absolute Gasteiger partial charge is 0.276 e. The minimum atomic E-state index is -3.53. The largest absolute Gasteiger partial charge is 0.497 e. The summed E-state index contributed by atoms with van der Waals surface area (Å²) in [5.74, 6) is 1.85. The molecule has 1 fully saturated rings. The average molecular weight is 420 g/mol. The van der Waals surface area contributed by atoms with E-state index in [4.69, 9.17) is 9.15 Å². The van der Waals surface area contributed by atoms with Crippen molar-refractivity contribution in [3.8, 4) is 11.4 Å². The lowest BCUT2D eigenvalue weighted by Crippen LogP contribution is -2.27. The van der Waals surface area contributed by atoms with E-state index in [9.17, 15) is 8.42 Å². The fourth-order valence-corrected chi connectivity index (χ4v) is 5.43. The molecule has 0 spiro atoms. The van der Waals surface area contributed by atoms with Crippen LogP contribution in [0.5, 0.6) is 5.75 Å². The van der Waals surface area contributed by atoms with Gasteiger partial charge in [-0.15, -0.1) is 0 Å². The van der Waals surface area contributed by atoms with Crippen LogP contribution in [0.3, 0.4) is 0 Å². The highest BCUT2D eigenvalue weighted by atomic mass is 32.2. The maximum Gasteiger partial charge on any atom is 0.276 e. The Kier molecular flexibility index (Phi) is 5.47. The fraction of sp³-hybridized carbons (Fsp3) is 0.316. The Bertz CT molecular complexity index is 1050. The normalized spacial score (nSPS) is 15.2. The van der Waals surface area contributed by atoms with Crippen LogP contribution in [0.2, 0.25) is 0 Å². The van der Waals surface area contributed by atoms with Crippen LogP contribution in [0.25, 0.3) is 5.69 Å². The molecule has 1 aromatic carbocycles. The molecule has 0 aliphatic carbocycles. The summed E-state index contributed by atoms with van der Waals surface area (Å²) in [5, 5.41) is 0.801. The summed E-state index contributed by atoms with van der Waals surface area (Å²) in [6.07, 6.45) is 5.40. The molecule has 7 nitrogen and oxygen atoms in total. The van der Waals surface area contributed by atoms with Crippen molar-refractivity contribution in [1.29, 1.82) is 0 Å². The van der Waals surface area contributed by atoms with Crippen molar-refractivity contribution in [2.24, 2.45) is 0 Å². The first kappa shape index (κ1) is 19.1. The van der Waals surface area contributed by atoms with Gasteiger partial charge < -0.3 is 9.15 Å². The molecular weight excluding hydrogens is 398 g/mol. The number of benzene rings is 1. The zero-order valence-electron chi connectivity index (χ0n) is 15.4. The lowest BCUT2D eigenvalue weighted by Gasteiger charge is -2.12. The van der Waals surface area contributed by atoms with Crippen molar-refractivity contribution in [2.45, 2.75) is 28.8 Å². The molecule has 3 aromatic rings. The quantitative estimate of drug-likeness (QED) is 0.545. The number of rotatable bonds is 7. The molecule has 2 aromatic heterocycles. The van der Waals surface area contributed by atoms with E-state index in [1.165, 1.54) is 22.1 Å². The van der Waals surface area contributed by atoms with Gasteiger partial charge in [0.25, 0.3) is 10.0 Å². The predicted molar refractivity (Wildman–Crippen MR) is 106 cm³/mol. The van der Waals surface area contributed by atoms with Gasteiger partial charge in [-0.05, 0) is 37.1 Å². The van der Waals surface area contributed by atoms with Gasteiger partial charge in [0.15, 0.2) is 5.16 Å². The third kappa shape index (κ3) is 3.82. The highest BCUT2D eigenvalue weighted by molar-refractivity contribution is 7.98. The Morgan fingerprint density at radius 1 is 1.21 bits per heavy atom. The molecule has 0 bridgehead atoms. The van der Waals surface area contributed by atoms with Crippen molar-refractivity contribution in [1.82, 2.24) is 13.9 Å². The summed E-state index contributed by atoms with van der Waals surface area (Å²) >= 11 is 1.48. The van der Waals surface area contributed by atoms with Crippen LogP contribution in [0.15, 0.2) is 63.5 Å². The number of hydrogen-bond donors (Lipinski definition) is 0. The second-order valence-corrected chi connectivity index (χ2v) is 9.21. The Morgan fingerprint density at radius 2 is 2.04 bits per heavy atom. The van der Waals surface area contributed by atoms with E-state index < -0.39 is 10.0 Å². The van der Waals surface area contributed by atoms with Gasteiger partial charge in [-0.3, -0.25) is 4.57 Å². The minimum Gasteiger partial charge on any atom is -0.497 e. The van der Waals surface area contributed by atoms with Crippen LogP contribution in [0.1, 0.15) is 18.6 Å². The van der Waals surface area contributed by atoms with Crippen LogP contribution >= 0.6 is 11.8 Å². The zero-order chi connectivity index (χ0) is 19.6. The molecular formula is C19H21N3O4S2. The topological polar surface area (TPSA) is 77.6 Å². The van der Waals surface area contributed by atoms with E-state index in [1.807, 2.05) is 35.0 Å². The molecule has 0 amide bonds. The monoisotopic (exact) mass is 419 g/mol. The molecule has 0 unspecified atom stereocenters. The van der Waals surface area contributed by atoms with E-state index in [0.717, 1.165) is 29.4 Å². The second-order valence-electron chi connectivity index (χ2n) is 6.40. The van der Waals surface area contributed by atoms with Gasteiger partial charge in [0, 0.05) is 31.5 Å². The number of ether oxygens (including phenoxy) is 1.